The Morgan fingerprint density at radius 3 is 1.79 bits per heavy atom. The van der Waals surface area contributed by atoms with Crippen molar-refractivity contribution in [1.82, 2.24) is 0 Å². The summed E-state index contributed by atoms with van der Waals surface area (Å²) in [6.45, 7) is 0. The Bertz CT molecular complexity index is 549. The van der Waals surface area contributed by atoms with Crippen molar-refractivity contribution >= 4 is 43.5 Å². The Morgan fingerprint density at radius 2 is 1.32 bits per heavy atom. The zero-order valence-electron chi connectivity index (χ0n) is 10.2. The van der Waals surface area contributed by atoms with Gasteiger partial charge in [-0.25, -0.2) is 0 Å². The highest BCUT2D eigenvalue weighted by Gasteiger charge is 2.05. The fourth-order valence-corrected chi connectivity index (χ4v) is 2.37. The van der Waals surface area contributed by atoms with E-state index in [1.165, 1.54) is 5.56 Å². The number of nitrogens with one attached hydrogen (secondary N) is 1. The minimum atomic E-state index is -0.0901. The van der Waals surface area contributed by atoms with Crippen LogP contribution in [0.4, 0.5) is 5.69 Å². The van der Waals surface area contributed by atoms with Gasteiger partial charge < -0.3 is 5.32 Å². The van der Waals surface area contributed by atoms with E-state index in [1.54, 1.807) is 0 Å². The highest BCUT2D eigenvalue weighted by molar-refractivity contribution is 9.08. The van der Waals surface area contributed by atoms with Gasteiger partial charge in [-0.3, -0.25) is 4.79 Å². The van der Waals surface area contributed by atoms with E-state index >= 15 is 0 Å². The fourth-order valence-electron chi connectivity index (χ4n) is 1.63. The maximum Gasteiger partial charge on any atom is 0.255 e. The van der Waals surface area contributed by atoms with Crippen molar-refractivity contribution in [3.63, 3.8) is 0 Å². The summed E-state index contributed by atoms with van der Waals surface area (Å²) in [6, 6.07) is 15.3. The van der Waals surface area contributed by atoms with Gasteiger partial charge in [0.25, 0.3) is 5.91 Å². The second kappa shape index (κ2) is 6.87. The van der Waals surface area contributed by atoms with Crippen molar-refractivity contribution in [2.24, 2.45) is 0 Å². The molecule has 1 amide bonds. The second-order valence-corrected chi connectivity index (χ2v) is 5.24. The predicted octanol–water partition coefficient (Wildman–Crippen LogP) is 4.73. The first-order chi connectivity index (χ1) is 9.22. The maximum absolute atomic E-state index is 12.0. The molecule has 0 aliphatic heterocycles. The van der Waals surface area contributed by atoms with Crippen LogP contribution in [0.5, 0.6) is 0 Å². The van der Waals surface area contributed by atoms with Crippen LogP contribution in [-0.2, 0) is 10.7 Å². The molecule has 4 heteroatoms. The Balaban J connectivity index is 2.06. The molecule has 1 N–H and O–H groups in total. The lowest BCUT2D eigenvalue weighted by Gasteiger charge is -2.06. The summed E-state index contributed by atoms with van der Waals surface area (Å²) < 4.78 is 0. The van der Waals surface area contributed by atoms with E-state index in [9.17, 15) is 4.79 Å². The lowest BCUT2D eigenvalue weighted by atomic mass is 10.1. The van der Waals surface area contributed by atoms with Crippen LogP contribution in [-0.4, -0.2) is 5.91 Å². The van der Waals surface area contributed by atoms with Gasteiger partial charge in [0.15, 0.2) is 0 Å². The van der Waals surface area contributed by atoms with Gasteiger partial charge in [-0.15, -0.1) is 0 Å². The molecule has 0 aliphatic carbocycles. The van der Waals surface area contributed by atoms with Crippen LogP contribution in [0.3, 0.4) is 0 Å². The Labute approximate surface area is 129 Å². The van der Waals surface area contributed by atoms with E-state index in [0.717, 1.165) is 21.9 Å². The molecule has 0 atom stereocenters. The number of amides is 1. The molecule has 0 saturated heterocycles. The zero-order chi connectivity index (χ0) is 13.7. The van der Waals surface area contributed by atoms with E-state index in [4.69, 9.17) is 0 Å². The smallest absolute Gasteiger partial charge is 0.255 e. The van der Waals surface area contributed by atoms with Crippen molar-refractivity contribution in [2.75, 3.05) is 5.32 Å². The van der Waals surface area contributed by atoms with Gasteiger partial charge in [-0.2, -0.15) is 0 Å². The number of hydrogen-bond acceptors (Lipinski definition) is 1. The van der Waals surface area contributed by atoms with E-state index in [0.29, 0.717) is 5.56 Å². The lowest BCUT2D eigenvalue weighted by molar-refractivity contribution is 0.102. The fraction of sp³-hybridized carbons (Fsp3) is 0.133. The van der Waals surface area contributed by atoms with Crippen molar-refractivity contribution in [3.05, 3.63) is 65.2 Å². The van der Waals surface area contributed by atoms with Crippen LogP contribution in [0.1, 0.15) is 21.5 Å². The number of halogens is 2. The van der Waals surface area contributed by atoms with Gasteiger partial charge in [-0.05, 0) is 35.4 Å². The summed E-state index contributed by atoms with van der Waals surface area (Å²) in [5.41, 5.74) is 3.80. The molecule has 0 radical (unpaired) electrons. The third-order valence-corrected chi connectivity index (χ3v) is 4.03. The summed E-state index contributed by atoms with van der Waals surface area (Å²) >= 11 is 6.77. The molecule has 0 saturated carbocycles. The summed E-state index contributed by atoms with van der Waals surface area (Å²) in [7, 11) is 0. The molecule has 0 fully saturated rings. The quantitative estimate of drug-likeness (QED) is 0.761. The lowest BCUT2D eigenvalue weighted by Crippen LogP contribution is -2.11. The number of rotatable bonds is 4. The number of alkyl halides is 2. The number of anilines is 1. The molecule has 0 heterocycles. The molecular weight excluding hydrogens is 370 g/mol. The third-order valence-electron chi connectivity index (χ3n) is 2.74. The first-order valence-corrected chi connectivity index (χ1v) is 8.08. The van der Waals surface area contributed by atoms with Gasteiger partial charge in [0.05, 0.1) is 0 Å². The average Bonchev–Trinajstić information content (AvgIpc) is 2.48. The minimum absolute atomic E-state index is 0.0901. The van der Waals surface area contributed by atoms with Crippen molar-refractivity contribution < 1.29 is 4.79 Å². The van der Waals surface area contributed by atoms with Crippen molar-refractivity contribution in [2.45, 2.75) is 10.7 Å². The average molecular weight is 383 g/mol. The molecule has 2 aromatic rings. The molecule has 0 spiro atoms. The van der Waals surface area contributed by atoms with Gasteiger partial charge >= 0.3 is 0 Å². The van der Waals surface area contributed by atoms with Crippen LogP contribution in [0.25, 0.3) is 0 Å². The monoisotopic (exact) mass is 381 g/mol. The molecule has 19 heavy (non-hydrogen) atoms. The molecule has 0 unspecified atom stereocenters. The topological polar surface area (TPSA) is 29.1 Å². The Morgan fingerprint density at radius 1 is 0.842 bits per heavy atom. The molecule has 2 aromatic carbocycles. The van der Waals surface area contributed by atoms with Gasteiger partial charge in [0.2, 0.25) is 0 Å². The second-order valence-electron chi connectivity index (χ2n) is 4.12. The summed E-state index contributed by atoms with van der Waals surface area (Å²) in [5.74, 6) is -0.0901. The van der Waals surface area contributed by atoms with Crippen LogP contribution >= 0.6 is 31.9 Å². The minimum Gasteiger partial charge on any atom is -0.322 e. The molecule has 2 rings (SSSR count). The van der Waals surface area contributed by atoms with E-state index in [-0.39, 0.29) is 5.91 Å². The van der Waals surface area contributed by atoms with E-state index < -0.39 is 0 Å². The third kappa shape index (κ3) is 3.91. The highest BCUT2D eigenvalue weighted by atomic mass is 79.9. The Kier molecular flexibility index (Phi) is 5.16. The Hall–Kier alpha value is -1.13. The number of benzene rings is 2. The first-order valence-electron chi connectivity index (χ1n) is 5.84. The van der Waals surface area contributed by atoms with Gasteiger partial charge in [0, 0.05) is 21.9 Å². The maximum atomic E-state index is 12.0. The number of carbonyl (C=O) groups is 1. The van der Waals surface area contributed by atoms with Crippen molar-refractivity contribution in [3.8, 4) is 0 Å². The number of carbonyl (C=O) groups excluding carboxylic acids is 1. The van der Waals surface area contributed by atoms with Crippen LogP contribution in [0.2, 0.25) is 0 Å². The molecule has 0 aromatic heterocycles. The summed E-state index contributed by atoms with van der Waals surface area (Å²) in [6.07, 6.45) is 0. The van der Waals surface area contributed by atoms with E-state index in [2.05, 4.69) is 37.2 Å². The normalized spacial score (nSPS) is 10.2. The van der Waals surface area contributed by atoms with Gasteiger partial charge in [0.1, 0.15) is 0 Å². The highest BCUT2D eigenvalue weighted by Crippen LogP contribution is 2.14. The van der Waals surface area contributed by atoms with Crippen molar-refractivity contribution in [1.29, 1.82) is 0 Å². The molecule has 2 nitrogen and oxygen atoms in total. The van der Waals surface area contributed by atoms with Crippen LogP contribution in [0.15, 0.2) is 48.5 Å². The molecule has 0 bridgehead atoms. The van der Waals surface area contributed by atoms with Crippen LogP contribution < -0.4 is 5.32 Å². The molecular formula is C15H13Br2NO. The molecule has 98 valence electrons. The zero-order valence-corrected chi connectivity index (χ0v) is 13.4. The SMILES string of the molecule is O=C(Nc1ccc(CBr)cc1)c1ccc(CBr)cc1. The molecule has 0 aliphatic rings. The summed E-state index contributed by atoms with van der Waals surface area (Å²) in [5, 5.41) is 4.49. The van der Waals surface area contributed by atoms with Gasteiger partial charge in [-0.1, -0.05) is 56.1 Å². The number of hydrogen-bond donors (Lipinski definition) is 1. The van der Waals surface area contributed by atoms with Crippen LogP contribution in [0, 0.1) is 0 Å². The first kappa shape index (κ1) is 14.3. The predicted molar refractivity (Wildman–Crippen MR) is 86.1 cm³/mol. The standard InChI is InChI=1S/C15H13Br2NO/c16-9-11-1-5-13(6-2-11)15(19)18-14-7-3-12(10-17)4-8-14/h1-8H,9-10H2,(H,18,19). The largest absolute Gasteiger partial charge is 0.322 e. The summed E-state index contributed by atoms with van der Waals surface area (Å²) in [4.78, 5) is 12.0. The van der Waals surface area contributed by atoms with E-state index in [1.807, 2.05) is 48.5 Å².